The molecule has 0 aromatic heterocycles. The third-order valence-corrected chi connectivity index (χ3v) is 4.36. The third-order valence-electron chi connectivity index (χ3n) is 3.45. The summed E-state index contributed by atoms with van der Waals surface area (Å²) >= 11 is 0. The molecule has 0 unspecified atom stereocenters. The maximum absolute atomic E-state index is 12.8. The standard InChI is InChI=1S/C15H13F3N4O4S/c1-9(10-3-2-4-11(7-10)15(16,17)18)20-21-13-6-5-12(27(19,25)26)8-14(13)22(23)24/h2-8,21H,1H3,(H2,19,25,26)/b20-9+. The van der Waals surface area contributed by atoms with Crippen molar-refractivity contribution in [3.8, 4) is 0 Å². The number of nitrogens with one attached hydrogen (secondary N) is 1. The molecule has 8 nitrogen and oxygen atoms in total. The Balaban J connectivity index is 2.36. The number of benzene rings is 2. The number of alkyl halides is 3. The molecule has 0 fully saturated rings. The van der Waals surface area contributed by atoms with E-state index in [1.165, 1.54) is 19.1 Å². The maximum atomic E-state index is 12.8. The Morgan fingerprint density at radius 2 is 1.89 bits per heavy atom. The Hall–Kier alpha value is -2.99. The monoisotopic (exact) mass is 402 g/mol. The summed E-state index contributed by atoms with van der Waals surface area (Å²) < 4.78 is 60.9. The highest BCUT2D eigenvalue weighted by Crippen LogP contribution is 2.30. The summed E-state index contributed by atoms with van der Waals surface area (Å²) in [4.78, 5) is 9.83. The molecule has 0 amide bonds. The van der Waals surface area contributed by atoms with Crippen LogP contribution in [0.2, 0.25) is 0 Å². The molecule has 0 radical (unpaired) electrons. The van der Waals surface area contributed by atoms with E-state index in [9.17, 15) is 31.7 Å². The first-order valence-corrected chi connectivity index (χ1v) is 8.73. The minimum Gasteiger partial charge on any atom is -0.271 e. The van der Waals surface area contributed by atoms with Gasteiger partial charge in [0, 0.05) is 6.07 Å². The molecule has 3 N–H and O–H groups in total. The number of nitro groups is 1. The lowest BCUT2D eigenvalue weighted by molar-refractivity contribution is -0.384. The number of halogens is 3. The van der Waals surface area contributed by atoms with E-state index >= 15 is 0 Å². The largest absolute Gasteiger partial charge is 0.416 e. The van der Waals surface area contributed by atoms with Gasteiger partial charge in [0.1, 0.15) is 5.69 Å². The second-order valence-electron chi connectivity index (χ2n) is 5.37. The molecular formula is C15H13F3N4O4S. The molecule has 0 aliphatic heterocycles. The molecule has 0 aliphatic carbocycles. The van der Waals surface area contributed by atoms with E-state index in [1.54, 1.807) is 0 Å². The zero-order valence-corrected chi connectivity index (χ0v) is 14.5. The Labute approximate surface area is 151 Å². The number of nitrogens with zero attached hydrogens (tertiary/aromatic N) is 2. The molecule has 0 saturated heterocycles. The molecule has 0 bridgehead atoms. The Morgan fingerprint density at radius 3 is 2.44 bits per heavy atom. The van der Waals surface area contributed by atoms with E-state index < -0.39 is 37.3 Å². The molecule has 12 heteroatoms. The van der Waals surface area contributed by atoms with Crippen LogP contribution in [0.4, 0.5) is 24.5 Å². The molecule has 144 valence electrons. The van der Waals surface area contributed by atoms with Crippen LogP contribution < -0.4 is 10.6 Å². The first-order chi connectivity index (χ1) is 12.4. The van der Waals surface area contributed by atoms with Crippen LogP contribution in [0.3, 0.4) is 0 Å². The van der Waals surface area contributed by atoms with Gasteiger partial charge in [0.25, 0.3) is 5.69 Å². The summed E-state index contributed by atoms with van der Waals surface area (Å²) in [7, 11) is -4.14. The van der Waals surface area contributed by atoms with Crippen LogP contribution in [-0.2, 0) is 16.2 Å². The summed E-state index contributed by atoms with van der Waals surface area (Å²) in [5.41, 5.74) is 1.02. The van der Waals surface area contributed by atoms with Crippen molar-refractivity contribution in [2.24, 2.45) is 10.2 Å². The van der Waals surface area contributed by atoms with Gasteiger partial charge in [-0.1, -0.05) is 12.1 Å². The first kappa shape index (κ1) is 20.3. The number of sulfonamides is 1. The minimum atomic E-state index is -4.52. The van der Waals surface area contributed by atoms with Crippen molar-refractivity contribution < 1.29 is 26.5 Å². The molecule has 0 heterocycles. The lowest BCUT2D eigenvalue weighted by atomic mass is 10.1. The number of primary sulfonamides is 1. The van der Waals surface area contributed by atoms with Gasteiger partial charge in [-0.05, 0) is 36.8 Å². The van der Waals surface area contributed by atoms with Crippen molar-refractivity contribution in [1.82, 2.24) is 0 Å². The smallest absolute Gasteiger partial charge is 0.271 e. The molecule has 2 rings (SSSR count). The van der Waals surface area contributed by atoms with Crippen molar-refractivity contribution in [3.63, 3.8) is 0 Å². The van der Waals surface area contributed by atoms with Gasteiger partial charge in [-0.3, -0.25) is 15.5 Å². The Kier molecular flexibility index (Phi) is 5.51. The molecule has 0 atom stereocenters. The van der Waals surface area contributed by atoms with E-state index in [2.05, 4.69) is 10.5 Å². The maximum Gasteiger partial charge on any atom is 0.416 e. The number of nitrogens with two attached hydrogens (primary N) is 1. The van der Waals surface area contributed by atoms with Crippen molar-refractivity contribution in [2.75, 3.05) is 5.43 Å². The minimum absolute atomic E-state index is 0.130. The van der Waals surface area contributed by atoms with Crippen LogP contribution in [0.25, 0.3) is 0 Å². The van der Waals surface area contributed by atoms with Gasteiger partial charge in [0.15, 0.2) is 0 Å². The molecule has 0 saturated carbocycles. The Bertz CT molecular complexity index is 1020. The number of rotatable bonds is 5. The van der Waals surface area contributed by atoms with Crippen molar-refractivity contribution in [1.29, 1.82) is 0 Å². The van der Waals surface area contributed by atoms with E-state index in [1.807, 2.05) is 0 Å². The summed E-state index contributed by atoms with van der Waals surface area (Å²) in [5.74, 6) is 0. The number of anilines is 1. The predicted octanol–water partition coefficient (Wildman–Crippen LogP) is 3.10. The first-order valence-electron chi connectivity index (χ1n) is 7.19. The lowest BCUT2D eigenvalue weighted by Crippen LogP contribution is -2.12. The summed E-state index contributed by atoms with van der Waals surface area (Å²) in [6.07, 6.45) is -4.52. The number of nitro benzene ring substituents is 1. The molecule has 2 aromatic rings. The zero-order chi connectivity index (χ0) is 20.4. The molecule has 27 heavy (non-hydrogen) atoms. The second-order valence-corrected chi connectivity index (χ2v) is 6.93. The van der Waals surface area contributed by atoms with Gasteiger partial charge in [-0.2, -0.15) is 18.3 Å². The normalized spacial score (nSPS) is 12.7. The summed E-state index contributed by atoms with van der Waals surface area (Å²) in [5, 5.41) is 19.9. The van der Waals surface area contributed by atoms with Crippen LogP contribution >= 0.6 is 0 Å². The fourth-order valence-electron chi connectivity index (χ4n) is 2.06. The van der Waals surface area contributed by atoms with Crippen LogP contribution in [0.1, 0.15) is 18.1 Å². The molecule has 0 aliphatic rings. The van der Waals surface area contributed by atoms with E-state index in [4.69, 9.17) is 5.14 Å². The quantitative estimate of drug-likeness (QED) is 0.451. The fourth-order valence-corrected chi connectivity index (χ4v) is 2.60. The topological polar surface area (TPSA) is 128 Å². The summed E-state index contributed by atoms with van der Waals surface area (Å²) in [6, 6.07) is 7.28. The highest BCUT2D eigenvalue weighted by atomic mass is 32.2. The average molecular weight is 402 g/mol. The number of hydrogen-bond donors (Lipinski definition) is 2. The predicted molar refractivity (Wildman–Crippen MR) is 91.7 cm³/mol. The molecule has 2 aromatic carbocycles. The fraction of sp³-hybridized carbons (Fsp3) is 0.133. The summed E-state index contributed by atoms with van der Waals surface area (Å²) in [6.45, 7) is 1.41. The molecule has 0 spiro atoms. The number of hydrogen-bond acceptors (Lipinski definition) is 6. The average Bonchev–Trinajstić information content (AvgIpc) is 2.58. The van der Waals surface area contributed by atoms with E-state index in [0.717, 1.165) is 30.3 Å². The lowest BCUT2D eigenvalue weighted by Gasteiger charge is -2.09. The second kappa shape index (κ2) is 7.32. The van der Waals surface area contributed by atoms with E-state index in [-0.39, 0.29) is 17.0 Å². The van der Waals surface area contributed by atoms with Gasteiger partial charge in [-0.15, -0.1) is 0 Å². The molecular weight excluding hydrogens is 389 g/mol. The van der Waals surface area contributed by atoms with Gasteiger partial charge in [0.05, 0.1) is 21.1 Å². The number of hydrazone groups is 1. The highest BCUT2D eigenvalue weighted by molar-refractivity contribution is 7.89. The van der Waals surface area contributed by atoms with Gasteiger partial charge >= 0.3 is 6.18 Å². The zero-order valence-electron chi connectivity index (χ0n) is 13.7. The van der Waals surface area contributed by atoms with Gasteiger partial charge < -0.3 is 0 Å². The van der Waals surface area contributed by atoms with Crippen molar-refractivity contribution in [2.45, 2.75) is 18.0 Å². The van der Waals surface area contributed by atoms with Gasteiger partial charge in [-0.25, -0.2) is 13.6 Å². The Morgan fingerprint density at radius 1 is 1.22 bits per heavy atom. The van der Waals surface area contributed by atoms with Crippen LogP contribution in [-0.4, -0.2) is 19.1 Å². The van der Waals surface area contributed by atoms with Crippen LogP contribution in [0.5, 0.6) is 0 Å². The van der Waals surface area contributed by atoms with E-state index in [0.29, 0.717) is 0 Å². The SMILES string of the molecule is C/C(=N\Nc1ccc(S(N)(=O)=O)cc1[N+](=O)[O-])c1cccc(C(F)(F)F)c1. The van der Waals surface area contributed by atoms with Crippen molar-refractivity contribution in [3.05, 3.63) is 63.7 Å². The van der Waals surface area contributed by atoms with Gasteiger partial charge in [0.2, 0.25) is 10.0 Å². The highest BCUT2D eigenvalue weighted by Gasteiger charge is 2.30. The third kappa shape index (κ3) is 5.01. The van der Waals surface area contributed by atoms with Crippen molar-refractivity contribution >= 4 is 27.1 Å². The van der Waals surface area contributed by atoms with Crippen LogP contribution in [0, 0.1) is 10.1 Å². The van der Waals surface area contributed by atoms with Crippen LogP contribution in [0.15, 0.2) is 52.5 Å².